The minimum Gasteiger partial charge on any atom is -0.375 e. The van der Waals surface area contributed by atoms with Gasteiger partial charge in [0.25, 0.3) is 5.56 Å². The summed E-state index contributed by atoms with van der Waals surface area (Å²) in [4.78, 5) is 26.0. The zero-order valence-electron chi connectivity index (χ0n) is 6.90. The van der Waals surface area contributed by atoms with Crippen molar-refractivity contribution in [1.82, 2.24) is 15.4 Å². The highest BCUT2D eigenvalue weighted by Gasteiger charge is 1.94. The van der Waals surface area contributed by atoms with Gasteiger partial charge in [0.05, 0.1) is 11.8 Å². The highest BCUT2D eigenvalue weighted by molar-refractivity contribution is 7.80. The van der Waals surface area contributed by atoms with Crippen LogP contribution in [0.2, 0.25) is 0 Å². The molecular formula is C6H7N5O2S. The van der Waals surface area contributed by atoms with Gasteiger partial charge in [-0.15, -0.1) is 0 Å². The summed E-state index contributed by atoms with van der Waals surface area (Å²) in [6.07, 6.45) is 2.42. The predicted octanol–water partition coefficient (Wildman–Crippen LogP) is -1.77. The molecule has 0 fully saturated rings. The molecule has 0 aliphatic rings. The van der Waals surface area contributed by atoms with Gasteiger partial charge in [-0.1, -0.05) is 0 Å². The van der Waals surface area contributed by atoms with Crippen molar-refractivity contribution in [2.24, 2.45) is 10.8 Å². The third kappa shape index (κ3) is 2.83. The summed E-state index contributed by atoms with van der Waals surface area (Å²) in [5, 5.41) is 3.54. The average molecular weight is 213 g/mol. The maximum atomic E-state index is 11.1. The Bertz CT molecular complexity index is 474. The van der Waals surface area contributed by atoms with Crippen LogP contribution in [0, 0.1) is 0 Å². The van der Waals surface area contributed by atoms with Gasteiger partial charge in [0.1, 0.15) is 0 Å². The topological polar surface area (TPSA) is 116 Å². The predicted molar refractivity (Wildman–Crippen MR) is 55.2 cm³/mol. The molecule has 0 aliphatic heterocycles. The van der Waals surface area contributed by atoms with E-state index in [1.807, 2.05) is 4.98 Å². The molecule has 5 N–H and O–H groups in total. The number of nitrogens with two attached hydrogens (primary N) is 1. The second-order valence-electron chi connectivity index (χ2n) is 2.26. The van der Waals surface area contributed by atoms with Crippen LogP contribution in [0.5, 0.6) is 0 Å². The van der Waals surface area contributed by atoms with E-state index >= 15 is 0 Å². The Morgan fingerprint density at radius 1 is 1.64 bits per heavy atom. The zero-order valence-corrected chi connectivity index (χ0v) is 7.72. The van der Waals surface area contributed by atoms with Gasteiger partial charge in [-0.3, -0.25) is 15.2 Å². The molecule has 1 rings (SSSR count). The van der Waals surface area contributed by atoms with Crippen LogP contribution in [-0.2, 0) is 0 Å². The van der Waals surface area contributed by atoms with Gasteiger partial charge < -0.3 is 10.7 Å². The fourth-order valence-electron chi connectivity index (χ4n) is 0.682. The first-order valence-corrected chi connectivity index (χ1v) is 3.91. The van der Waals surface area contributed by atoms with E-state index in [-0.39, 0.29) is 10.7 Å². The number of aromatic nitrogens is 2. The first kappa shape index (κ1) is 10.1. The first-order chi connectivity index (χ1) is 6.59. The van der Waals surface area contributed by atoms with E-state index in [9.17, 15) is 9.59 Å². The van der Waals surface area contributed by atoms with E-state index in [1.165, 1.54) is 12.4 Å². The lowest BCUT2D eigenvalue weighted by atomic mass is 10.4. The van der Waals surface area contributed by atoms with Crippen LogP contribution in [-0.4, -0.2) is 21.3 Å². The SMILES string of the molecule is NC(=S)N/N=C\c1c[nH]c(=O)[nH]c1=O. The Balaban J connectivity index is 2.88. The monoisotopic (exact) mass is 213 g/mol. The van der Waals surface area contributed by atoms with Crippen LogP contribution in [0.1, 0.15) is 5.56 Å². The molecular weight excluding hydrogens is 206 g/mol. The number of rotatable bonds is 2. The molecule has 0 unspecified atom stereocenters. The lowest BCUT2D eigenvalue weighted by Crippen LogP contribution is -2.26. The van der Waals surface area contributed by atoms with Crippen molar-refractivity contribution in [3.05, 3.63) is 32.6 Å². The van der Waals surface area contributed by atoms with Crippen LogP contribution in [0.3, 0.4) is 0 Å². The van der Waals surface area contributed by atoms with Crippen molar-refractivity contribution >= 4 is 23.5 Å². The summed E-state index contributed by atoms with van der Waals surface area (Å²) >= 11 is 4.47. The fraction of sp³-hybridized carbons (Fsp3) is 0. The van der Waals surface area contributed by atoms with Crippen molar-refractivity contribution in [3.63, 3.8) is 0 Å². The molecule has 7 nitrogen and oxygen atoms in total. The highest BCUT2D eigenvalue weighted by Crippen LogP contribution is 1.76. The molecule has 0 saturated heterocycles. The van der Waals surface area contributed by atoms with Crippen molar-refractivity contribution in [2.45, 2.75) is 0 Å². The molecule has 0 atom stereocenters. The molecule has 1 aromatic rings. The van der Waals surface area contributed by atoms with E-state index in [2.05, 4.69) is 27.7 Å². The van der Waals surface area contributed by atoms with E-state index < -0.39 is 11.2 Å². The number of nitrogens with zero attached hydrogens (tertiary/aromatic N) is 1. The molecule has 1 heterocycles. The van der Waals surface area contributed by atoms with Crippen LogP contribution < -0.4 is 22.4 Å². The number of aromatic amines is 2. The van der Waals surface area contributed by atoms with Crippen LogP contribution >= 0.6 is 12.2 Å². The zero-order chi connectivity index (χ0) is 10.6. The van der Waals surface area contributed by atoms with Gasteiger partial charge in [-0.05, 0) is 12.2 Å². The Hall–Kier alpha value is -1.96. The van der Waals surface area contributed by atoms with Crippen molar-refractivity contribution < 1.29 is 0 Å². The van der Waals surface area contributed by atoms with E-state index in [0.717, 1.165) is 0 Å². The molecule has 0 bridgehead atoms. The molecule has 0 amide bonds. The average Bonchev–Trinajstić information content (AvgIpc) is 2.08. The maximum Gasteiger partial charge on any atom is 0.325 e. The van der Waals surface area contributed by atoms with Gasteiger partial charge in [-0.25, -0.2) is 4.79 Å². The molecule has 0 aromatic carbocycles. The summed E-state index contributed by atoms with van der Waals surface area (Å²) in [6.45, 7) is 0. The second kappa shape index (κ2) is 4.33. The summed E-state index contributed by atoms with van der Waals surface area (Å²) in [7, 11) is 0. The Morgan fingerprint density at radius 2 is 2.36 bits per heavy atom. The molecule has 1 aromatic heterocycles. The van der Waals surface area contributed by atoms with Crippen molar-refractivity contribution in [3.8, 4) is 0 Å². The molecule has 0 spiro atoms. The number of nitrogens with one attached hydrogen (secondary N) is 3. The number of hydrogen-bond donors (Lipinski definition) is 4. The van der Waals surface area contributed by atoms with Crippen LogP contribution in [0.25, 0.3) is 0 Å². The summed E-state index contributed by atoms with van der Waals surface area (Å²) in [5.74, 6) is 0. The molecule has 0 saturated carbocycles. The number of hydrogen-bond acceptors (Lipinski definition) is 4. The summed E-state index contributed by atoms with van der Waals surface area (Å²) in [6, 6.07) is 0. The molecule has 0 radical (unpaired) electrons. The quantitative estimate of drug-likeness (QED) is 0.263. The standard InChI is InChI=1S/C6H7N5O2S/c7-5(14)11-9-2-3-1-8-6(13)10-4(3)12/h1-2H,(H3,7,11,14)(H2,8,10,12,13)/b9-2-. The van der Waals surface area contributed by atoms with E-state index in [1.54, 1.807) is 0 Å². The van der Waals surface area contributed by atoms with Gasteiger partial charge in [0, 0.05) is 6.20 Å². The van der Waals surface area contributed by atoms with E-state index in [0.29, 0.717) is 0 Å². The van der Waals surface area contributed by atoms with Crippen LogP contribution in [0.15, 0.2) is 20.9 Å². The normalized spacial score (nSPS) is 10.3. The lowest BCUT2D eigenvalue weighted by molar-refractivity contribution is 1.01. The minimum atomic E-state index is -0.575. The van der Waals surface area contributed by atoms with Crippen LogP contribution in [0.4, 0.5) is 0 Å². The fourth-order valence-corrected chi connectivity index (χ4v) is 0.734. The molecule has 8 heteroatoms. The smallest absolute Gasteiger partial charge is 0.325 e. The van der Waals surface area contributed by atoms with Crippen molar-refractivity contribution in [1.29, 1.82) is 0 Å². The Morgan fingerprint density at radius 3 is 2.93 bits per heavy atom. The Kier molecular flexibility index (Phi) is 3.13. The lowest BCUT2D eigenvalue weighted by Gasteiger charge is -1.93. The van der Waals surface area contributed by atoms with Gasteiger partial charge in [0.2, 0.25) is 0 Å². The number of hydrazone groups is 1. The van der Waals surface area contributed by atoms with Gasteiger partial charge in [-0.2, -0.15) is 5.10 Å². The van der Waals surface area contributed by atoms with E-state index in [4.69, 9.17) is 5.73 Å². The number of thiocarbonyl (C=S) groups is 1. The third-order valence-electron chi connectivity index (χ3n) is 1.23. The first-order valence-electron chi connectivity index (χ1n) is 3.50. The minimum absolute atomic E-state index is 0.0119. The molecule has 14 heavy (non-hydrogen) atoms. The number of H-pyrrole nitrogens is 2. The summed E-state index contributed by atoms with van der Waals surface area (Å²) < 4.78 is 0. The van der Waals surface area contributed by atoms with Gasteiger partial charge >= 0.3 is 5.69 Å². The maximum absolute atomic E-state index is 11.1. The van der Waals surface area contributed by atoms with Gasteiger partial charge in [0.15, 0.2) is 5.11 Å². The molecule has 0 aliphatic carbocycles. The largest absolute Gasteiger partial charge is 0.375 e. The Labute approximate surface area is 83.0 Å². The highest BCUT2D eigenvalue weighted by atomic mass is 32.1. The third-order valence-corrected chi connectivity index (χ3v) is 1.32. The van der Waals surface area contributed by atoms with Crippen molar-refractivity contribution in [2.75, 3.05) is 0 Å². The molecule has 74 valence electrons. The second-order valence-corrected chi connectivity index (χ2v) is 2.70. The summed E-state index contributed by atoms with van der Waals surface area (Å²) in [5.41, 5.74) is 6.43.